The topological polar surface area (TPSA) is 75.8 Å². The molecule has 6 heteroatoms. The van der Waals surface area contributed by atoms with Crippen molar-refractivity contribution in [2.45, 2.75) is 52.2 Å². The van der Waals surface area contributed by atoms with Crippen molar-refractivity contribution in [1.82, 2.24) is 4.90 Å². The molecule has 1 saturated heterocycles. The quantitative estimate of drug-likeness (QED) is 0.815. The van der Waals surface area contributed by atoms with E-state index < -0.39 is 5.41 Å². The van der Waals surface area contributed by atoms with E-state index >= 15 is 0 Å². The Labute approximate surface area is 133 Å². The molecule has 2 rings (SSSR count). The lowest BCUT2D eigenvalue weighted by Gasteiger charge is -2.57. The van der Waals surface area contributed by atoms with Gasteiger partial charge in [0.15, 0.2) is 0 Å². The maximum absolute atomic E-state index is 12.4. The lowest BCUT2D eigenvalue weighted by atomic mass is 9.58. The van der Waals surface area contributed by atoms with Gasteiger partial charge in [0.2, 0.25) is 5.91 Å². The summed E-state index contributed by atoms with van der Waals surface area (Å²) >= 11 is 0. The second kappa shape index (κ2) is 6.82. The smallest absolute Gasteiger partial charge is 0.229 e. The van der Waals surface area contributed by atoms with Crippen LogP contribution in [0.5, 0.6) is 0 Å². The van der Waals surface area contributed by atoms with Crippen molar-refractivity contribution < 1.29 is 14.6 Å². The fourth-order valence-electron chi connectivity index (χ4n) is 3.46. The van der Waals surface area contributed by atoms with Crippen LogP contribution in [0.1, 0.15) is 40.0 Å². The van der Waals surface area contributed by atoms with E-state index in [1.54, 1.807) is 0 Å². The molecular formula is C15H29ClN2O3. The molecule has 2 atom stereocenters. The molecule has 2 fully saturated rings. The van der Waals surface area contributed by atoms with E-state index in [2.05, 4.69) is 0 Å². The number of nitrogens with two attached hydrogens (primary N) is 1. The first-order valence-corrected chi connectivity index (χ1v) is 7.66. The number of piperidine rings is 1. The van der Waals surface area contributed by atoms with Crippen LogP contribution in [-0.2, 0) is 9.53 Å². The number of rotatable bonds is 4. The van der Waals surface area contributed by atoms with Crippen molar-refractivity contribution >= 4 is 18.3 Å². The fourth-order valence-corrected chi connectivity index (χ4v) is 3.46. The van der Waals surface area contributed by atoms with Gasteiger partial charge in [0, 0.05) is 38.1 Å². The minimum absolute atomic E-state index is 0. The largest absolute Gasteiger partial charge is 0.392 e. The van der Waals surface area contributed by atoms with Crippen LogP contribution in [0.3, 0.4) is 0 Å². The van der Waals surface area contributed by atoms with Gasteiger partial charge in [-0.1, -0.05) is 0 Å². The van der Waals surface area contributed by atoms with E-state index in [0.29, 0.717) is 26.2 Å². The molecule has 0 aromatic rings. The molecule has 1 aliphatic heterocycles. The lowest BCUT2D eigenvalue weighted by molar-refractivity contribution is -0.210. The van der Waals surface area contributed by atoms with Crippen LogP contribution in [0.15, 0.2) is 0 Å². The summed E-state index contributed by atoms with van der Waals surface area (Å²) in [6.07, 6.45) is 2.26. The van der Waals surface area contributed by atoms with Crippen molar-refractivity contribution in [1.29, 1.82) is 0 Å². The van der Waals surface area contributed by atoms with E-state index in [-0.39, 0.29) is 35.9 Å². The number of amides is 1. The van der Waals surface area contributed by atoms with Gasteiger partial charge in [0.05, 0.1) is 17.6 Å². The highest BCUT2D eigenvalue weighted by molar-refractivity contribution is 5.85. The molecule has 5 nitrogen and oxygen atoms in total. The summed E-state index contributed by atoms with van der Waals surface area (Å²) in [4.78, 5) is 14.3. The molecule has 1 heterocycles. The molecule has 124 valence electrons. The lowest BCUT2D eigenvalue weighted by Crippen LogP contribution is -2.63. The van der Waals surface area contributed by atoms with Gasteiger partial charge in [-0.25, -0.2) is 0 Å². The average Bonchev–Trinajstić information content (AvgIpc) is 2.46. The van der Waals surface area contributed by atoms with Crippen LogP contribution in [-0.4, -0.2) is 54.4 Å². The van der Waals surface area contributed by atoms with Crippen molar-refractivity contribution in [3.63, 3.8) is 0 Å². The zero-order chi connectivity index (χ0) is 15.0. The second-order valence-electron chi connectivity index (χ2n) is 6.81. The molecule has 1 amide bonds. The number of ether oxygens (including phenoxy) is 1. The summed E-state index contributed by atoms with van der Waals surface area (Å²) < 4.78 is 5.74. The summed E-state index contributed by atoms with van der Waals surface area (Å²) in [5.74, 6) is 0.122. The van der Waals surface area contributed by atoms with Gasteiger partial charge in [-0.2, -0.15) is 0 Å². The zero-order valence-corrected chi connectivity index (χ0v) is 14.1. The Hall–Kier alpha value is -0.360. The minimum Gasteiger partial charge on any atom is -0.392 e. The fraction of sp³-hybridized carbons (Fsp3) is 0.933. The molecule has 0 radical (unpaired) electrons. The molecule has 2 unspecified atom stereocenters. The standard InChI is InChI=1S/C15H28N2O3.ClH/c1-4-20-12-9-11(18)15(12)5-7-17(8-6-15)13(19)14(2,3)10-16;/h11-12,18H,4-10,16H2,1-3H3;1H. The molecule has 21 heavy (non-hydrogen) atoms. The third-order valence-electron chi connectivity index (χ3n) is 5.18. The van der Waals surface area contributed by atoms with Crippen molar-refractivity contribution in [2.24, 2.45) is 16.6 Å². The number of nitrogens with zero attached hydrogens (tertiary/aromatic N) is 1. The third kappa shape index (κ3) is 3.21. The number of aliphatic hydroxyl groups is 1. The van der Waals surface area contributed by atoms with E-state index in [0.717, 1.165) is 19.3 Å². The summed E-state index contributed by atoms with van der Waals surface area (Å²) in [5, 5.41) is 10.1. The van der Waals surface area contributed by atoms with Crippen molar-refractivity contribution in [3.8, 4) is 0 Å². The van der Waals surface area contributed by atoms with Crippen LogP contribution in [0.2, 0.25) is 0 Å². The molecule has 0 bridgehead atoms. The molecule has 3 N–H and O–H groups in total. The Balaban J connectivity index is 0.00000220. The molecule has 1 aliphatic carbocycles. The van der Waals surface area contributed by atoms with Gasteiger partial charge in [0.1, 0.15) is 0 Å². The Kier molecular flexibility index (Phi) is 6.07. The van der Waals surface area contributed by atoms with Crippen LogP contribution in [0.25, 0.3) is 0 Å². The maximum Gasteiger partial charge on any atom is 0.229 e. The number of hydrogen-bond acceptors (Lipinski definition) is 4. The first-order valence-electron chi connectivity index (χ1n) is 7.66. The van der Waals surface area contributed by atoms with E-state index in [9.17, 15) is 9.90 Å². The number of likely N-dealkylation sites (tertiary alicyclic amines) is 1. The first-order chi connectivity index (χ1) is 9.37. The highest BCUT2D eigenvalue weighted by Crippen LogP contribution is 2.51. The molecule has 0 aromatic carbocycles. The predicted octanol–water partition coefficient (Wildman–Crippen LogP) is 1.17. The first kappa shape index (κ1) is 18.7. The molecule has 1 spiro atoms. The van der Waals surface area contributed by atoms with Crippen LogP contribution >= 0.6 is 12.4 Å². The third-order valence-corrected chi connectivity index (χ3v) is 5.18. The van der Waals surface area contributed by atoms with Crippen LogP contribution in [0.4, 0.5) is 0 Å². The molecule has 1 saturated carbocycles. The molecule has 0 aromatic heterocycles. The summed E-state index contributed by atoms with van der Waals surface area (Å²) in [6.45, 7) is 8.20. The molecule has 2 aliphatic rings. The van der Waals surface area contributed by atoms with Crippen molar-refractivity contribution in [2.75, 3.05) is 26.2 Å². The van der Waals surface area contributed by atoms with Gasteiger partial charge in [0.25, 0.3) is 0 Å². The van der Waals surface area contributed by atoms with Gasteiger partial charge >= 0.3 is 0 Å². The van der Waals surface area contributed by atoms with Gasteiger partial charge < -0.3 is 20.5 Å². The van der Waals surface area contributed by atoms with Crippen molar-refractivity contribution in [3.05, 3.63) is 0 Å². The Bertz CT molecular complexity index is 366. The number of halogens is 1. The average molecular weight is 321 g/mol. The van der Waals surface area contributed by atoms with Gasteiger partial charge in [-0.15, -0.1) is 12.4 Å². The predicted molar refractivity (Wildman–Crippen MR) is 84.4 cm³/mol. The van der Waals surface area contributed by atoms with Gasteiger partial charge in [-0.05, 0) is 33.6 Å². The number of carbonyl (C=O) groups is 1. The Morgan fingerprint density at radius 3 is 2.43 bits per heavy atom. The zero-order valence-electron chi connectivity index (χ0n) is 13.3. The summed E-state index contributed by atoms with van der Waals surface area (Å²) in [5.41, 5.74) is 5.06. The minimum atomic E-state index is -0.498. The van der Waals surface area contributed by atoms with E-state index in [1.807, 2.05) is 25.7 Å². The maximum atomic E-state index is 12.4. The van der Waals surface area contributed by atoms with Crippen LogP contribution < -0.4 is 5.73 Å². The van der Waals surface area contributed by atoms with E-state index in [4.69, 9.17) is 10.5 Å². The Morgan fingerprint density at radius 2 is 2.00 bits per heavy atom. The normalized spacial score (nSPS) is 28.0. The number of hydrogen-bond donors (Lipinski definition) is 2. The highest BCUT2D eigenvalue weighted by atomic mass is 35.5. The van der Waals surface area contributed by atoms with E-state index in [1.165, 1.54) is 0 Å². The summed E-state index contributed by atoms with van der Waals surface area (Å²) in [6, 6.07) is 0. The van der Waals surface area contributed by atoms with Gasteiger partial charge in [-0.3, -0.25) is 4.79 Å². The number of aliphatic hydroxyl groups excluding tert-OH is 1. The monoisotopic (exact) mass is 320 g/mol. The number of carbonyl (C=O) groups excluding carboxylic acids is 1. The Morgan fingerprint density at radius 1 is 1.43 bits per heavy atom. The summed E-state index contributed by atoms with van der Waals surface area (Å²) in [7, 11) is 0. The SMILES string of the molecule is CCOC1CC(O)C12CCN(C(=O)C(C)(C)CN)CC2.Cl. The molecular weight excluding hydrogens is 292 g/mol. The van der Waals surface area contributed by atoms with Crippen LogP contribution in [0, 0.1) is 10.8 Å². The second-order valence-corrected chi connectivity index (χ2v) is 6.81. The highest BCUT2D eigenvalue weighted by Gasteiger charge is 2.56.